The molecule has 0 bridgehead atoms. The van der Waals surface area contributed by atoms with E-state index < -0.39 is 25.5 Å². The molecule has 0 saturated carbocycles. The van der Waals surface area contributed by atoms with Gasteiger partial charge in [0.2, 0.25) is 0 Å². The Kier molecular flexibility index (Phi) is 5.99. The van der Waals surface area contributed by atoms with E-state index in [2.05, 4.69) is 4.52 Å². The first-order valence-electron chi connectivity index (χ1n) is 6.43. The predicted molar refractivity (Wildman–Crippen MR) is 73.8 cm³/mol. The highest BCUT2D eigenvalue weighted by molar-refractivity contribution is 7.50. The summed E-state index contributed by atoms with van der Waals surface area (Å²) in [4.78, 5) is 9.69. The van der Waals surface area contributed by atoms with Gasteiger partial charge in [-0.1, -0.05) is 25.1 Å². The van der Waals surface area contributed by atoms with Crippen LogP contribution in [0, 0.1) is 0 Å². The zero-order valence-corrected chi connectivity index (χ0v) is 13.0. The van der Waals surface area contributed by atoms with E-state index in [9.17, 15) is 22.6 Å². The Morgan fingerprint density at radius 3 is 2.52 bits per heavy atom. The average Bonchev–Trinajstić information content (AvgIpc) is 2.38. The number of nitrogens with zero attached hydrogens (tertiary/aromatic N) is 1. The molecule has 1 N–H and O–H groups in total. The fraction of sp³-hybridized carbons (Fsp3) is 0.538. The molecule has 21 heavy (non-hydrogen) atoms. The minimum atomic E-state index is -4.40. The largest absolute Gasteiger partial charge is 0.416 e. The van der Waals surface area contributed by atoms with Crippen LogP contribution in [0.25, 0.3) is 0 Å². The summed E-state index contributed by atoms with van der Waals surface area (Å²) in [5.41, 5.74) is -0.277. The molecule has 0 radical (unpaired) electrons. The Labute approximate surface area is 122 Å². The van der Waals surface area contributed by atoms with Gasteiger partial charge in [0.15, 0.2) is 0 Å². The highest BCUT2D eigenvalue weighted by Crippen LogP contribution is 2.47. The van der Waals surface area contributed by atoms with E-state index in [4.69, 9.17) is 0 Å². The maximum Gasteiger partial charge on any atom is 0.416 e. The second-order valence-corrected chi connectivity index (χ2v) is 6.54. The SMILES string of the molecule is CCN(C(C)Cc1cccc(C(F)(F)F)c1)P(=O)(O)OC. The molecule has 120 valence electrons. The topological polar surface area (TPSA) is 49.8 Å². The third-order valence-corrected chi connectivity index (χ3v) is 4.98. The normalized spacial score (nSPS) is 16.8. The minimum Gasteiger partial charge on any atom is -0.312 e. The van der Waals surface area contributed by atoms with Crippen molar-refractivity contribution in [3.05, 3.63) is 35.4 Å². The molecule has 1 aromatic carbocycles. The van der Waals surface area contributed by atoms with E-state index in [-0.39, 0.29) is 13.0 Å². The Morgan fingerprint density at radius 2 is 2.05 bits per heavy atom. The number of hydrogen-bond acceptors (Lipinski definition) is 2. The molecule has 1 aromatic rings. The number of halogens is 3. The van der Waals surface area contributed by atoms with Crippen LogP contribution in [0.5, 0.6) is 0 Å². The monoisotopic (exact) mass is 325 g/mol. The Balaban J connectivity index is 2.92. The molecular weight excluding hydrogens is 306 g/mol. The standard InChI is InChI=1S/C13H19F3NO3P/c1-4-17(21(18,19)20-3)10(2)8-11-6-5-7-12(9-11)13(14,15)16/h5-7,9-10H,4,8H2,1-3H3,(H,18,19). The summed E-state index contributed by atoms with van der Waals surface area (Å²) >= 11 is 0. The van der Waals surface area contributed by atoms with Crippen LogP contribution in [0.15, 0.2) is 24.3 Å². The highest BCUT2D eigenvalue weighted by atomic mass is 31.2. The van der Waals surface area contributed by atoms with Crippen molar-refractivity contribution < 1.29 is 27.2 Å². The molecule has 0 aliphatic rings. The summed E-state index contributed by atoms with van der Waals surface area (Å²) in [7, 11) is -2.78. The second-order valence-electron chi connectivity index (χ2n) is 4.68. The minimum absolute atomic E-state index is 0.214. The molecule has 0 fully saturated rings. The molecule has 2 atom stereocenters. The van der Waals surface area contributed by atoms with Gasteiger partial charge in [0.05, 0.1) is 5.56 Å². The van der Waals surface area contributed by atoms with Crippen molar-refractivity contribution in [2.45, 2.75) is 32.5 Å². The maximum absolute atomic E-state index is 12.7. The summed E-state index contributed by atoms with van der Waals surface area (Å²) in [6, 6.07) is 4.51. The van der Waals surface area contributed by atoms with Gasteiger partial charge in [-0.3, -0.25) is 0 Å². The lowest BCUT2D eigenvalue weighted by atomic mass is 10.0. The summed E-state index contributed by atoms with van der Waals surface area (Å²) in [5, 5.41) is 0. The van der Waals surface area contributed by atoms with Crippen LogP contribution in [0.2, 0.25) is 0 Å². The lowest BCUT2D eigenvalue weighted by Gasteiger charge is -2.30. The van der Waals surface area contributed by atoms with Gasteiger partial charge in [0.1, 0.15) is 0 Å². The van der Waals surface area contributed by atoms with Crippen molar-refractivity contribution in [2.75, 3.05) is 13.7 Å². The highest BCUT2D eigenvalue weighted by Gasteiger charge is 2.33. The molecule has 0 heterocycles. The van der Waals surface area contributed by atoms with Crippen molar-refractivity contribution in [2.24, 2.45) is 0 Å². The fourth-order valence-electron chi connectivity index (χ4n) is 2.17. The molecule has 0 amide bonds. The molecule has 4 nitrogen and oxygen atoms in total. The van der Waals surface area contributed by atoms with Gasteiger partial charge in [-0.25, -0.2) is 9.24 Å². The third-order valence-electron chi connectivity index (χ3n) is 3.18. The van der Waals surface area contributed by atoms with E-state index >= 15 is 0 Å². The lowest BCUT2D eigenvalue weighted by Crippen LogP contribution is -2.32. The quantitative estimate of drug-likeness (QED) is 0.810. The molecule has 0 aliphatic carbocycles. The van der Waals surface area contributed by atoms with Crippen LogP contribution in [0.1, 0.15) is 25.0 Å². The van der Waals surface area contributed by atoms with Crippen LogP contribution in [0.4, 0.5) is 13.2 Å². The summed E-state index contributed by atoms with van der Waals surface area (Å²) < 4.78 is 55.7. The van der Waals surface area contributed by atoms with Crippen LogP contribution in [-0.2, 0) is 21.7 Å². The van der Waals surface area contributed by atoms with Gasteiger partial charge in [-0.15, -0.1) is 0 Å². The molecule has 1 rings (SSSR count). The first-order chi connectivity index (χ1) is 9.61. The second kappa shape index (κ2) is 6.92. The van der Waals surface area contributed by atoms with Crippen molar-refractivity contribution >= 4 is 7.75 Å². The van der Waals surface area contributed by atoms with E-state index in [1.165, 1.54) is 10.7 Å². The van der Waals surface area contributed by atoms with Crippen molar-refractivity contribution in [3.63, 3.8) is 0 Å². The van der Waals surface area contributed by atoms with Gasteiger partial charge < -0.3 is 9.42 Å². The molecule has 0 aromatic heterocycles. The Morgan fingerprint density at radius 1 is 1.43 bits per heavy atom. The fourth-order valence-corrected chi connectivity index (χ4v) is 3.31. The smallest absolute Gasteiger partial charge is 0.312 e. The van der Waals surface area contributed by atoms with Gasteiger partial charge in [0, 0.05) is 19.7 Å². The van der Waals surface area contributed by atoms with E-state index in [0.29, 0.717) is 5.56 Å². The molecule has 0 aliphatic heterocycles. The number of likely N-dealkylation sites (N-methyl/N-ethyl adjacent to an activating group) is 1. The first kappa shape index (κ1) is 18.2. The Hall–Kier alpha value is -0.880. The lowest BCUT2D eigenvalue weighted by molar-refractivity contribution is -0.137. The van der Waals surface area contributed by atoms with Crippen LogP contribution < -0.4 is 0 Å². The first-order valence-corrected chi connectivity index (χ1v) is 7.96. The zero-order valence-electron chi connectivity index (χ0n) is 12.1. The molecule has 0 spiro atoms. The average molecular weight is 325 g/mol. The molecule has 0 saturated heterocycles. The van der Waals surface area contributed by atoms with E-state index in [0.717, 1.165) is 19.2 Å². The van der Waals surface area contributed by atoms with Crippen molar-refractivity contribution in [3.8, 4) is 0 Å². The number of benzene rings is 1. The summed E-state index contributed by atoms with van der Waals surface area (Å²) in [6.45, 7) is 3.61. The molecular formula is C13H19F3NO3P. The number of rotatable bonds is 6. The van der Waals surface area contributed by atoms with Gasteiger partial charge in [-0.05, 0) is 25.0 Å². The summed E-state index contributed by atoms with van der Waals surface area (Å²) in [5.74, 6) is 0. The van der Waals surface area contributed by atoms with Gasteiger partial charge in [0.25, 0.3) is 0 Å². The molecule has 8 heteroatoms. The predicted octanol–water partition coefficient (Wildman–Crippen LogP) is 3.71. The van der Waals surface area contributed by atoms with Gasteiger partial charge in [-0.2, -0.15) is 13.2 Å². The van der Waals surface area contributed by atoms with Crippen LogP contribution in [0.3, 0.4) is 0 Å². The summed E-state index contributed by atoms with van der Waals surface area (Å²) in [6.07, 6.45) is -4.19. The maximum atomic E-state index is 12.7. The van der Waals surface area contributed by atoms with E-state index in [1.807, 2.05) is 0 Å². The Bertz CT molecular complexity index is 522. The van der Waals surface area contributed by atoms with E-state index in [1.54, 1.807) is 19.9 Å². The van der Waals surface area contributed by atoms with Crippen LogP contribution in [-0.4, -0.2) is 29.3 Å². The number of hydrogen-bond donors (Lipinski definition) is 1. The van der Waals surface area contributed by atoms with Gasteiger partial charge >= 0.3 is 13.9 Å². The number of alkyl halides is 3. The van der Waals surface area contributed by atoms with Crippen LogP contribution >= 0.6 is 7.75 Å². The third kappa shape index (κ3) is 4.81. The zero-order chi connectivity index (χ0) is 16.3. The van der Waals surface area contributed by atoms with Crippen molar-refractivity contribution in [1.29, 1.82) is 0 Å². The molecule has 2 unspecified atom stereocenters. The van der Waals surface area contributed by atoms with Crippen molar-refractivity contribution in [1.82, 2.24) is 4.67 Å².